The molecule has 2 aromatic rings. The van der Waals surface area contributed by atoms with Crippen LogP contribution >= 0.6 is 23.2 Å². The molecule has 0 heterocycles. The molecule has 7 heteroatoms. The Morgan fingerprint density at radius 3 is 2.54 bits per heavy atom. The lowest BCUT2D eigenvalue weighted by atomic mass is 10.1. The number of carbonyl (C=O) groups is 2. The molecule has 0 radical (unpaired) electrons. The number of benzene rings is 2. The number of anilines is 1. The van der Waals surface area contributed by atoms with Crippen LogP contribution < -0.4 is 10.6 Å². The number of hydrogen-bond acceptors (Lipinski definition) is 2. The van der Waals surface area contributed by atoms with E-state index in [0.29, 0.717) is 35.7 Å². The molecule has 0 aliphatic heterocycles. The maximum Gasteiger partial charge on any atom is 0.228 e. The van der Waals surface area contributed by atoms with E-state index in [0.717, 1.165) is 0 Å². The Balaban J connectivity index is 1.47. The van der Waals surface area contributed by atoms with Crippen molar-refractivity contribution in [3.63, 3.8) is 0 Å². The number of hydrogen-bond donors (Lipinski definition) is 2. The number of nitrogens with one attached hydrogen (secondary N) is 2. The lowest BCUT2D eigenvalue weighted by Crippen LogP contribution is -2.29. The molecule has 1 aliphatic carbocycles. The van der Waals surface area contributed by atoms with Gasteiger partial charge in [-0.2, -0.15) is 0 Å². The van der Waals surface area contributed by atoms with Crippen LogP contribution in [-0.4, -0.2) is 18.4 Å². The van der Waals surface area contributed by atoms with Crippen LogP contribution in [0.15, 0.2) is 42.5 Å². The summed E-state index contributed by atoms with van der Waals surface area (Å²) in [4.78, 5) is 24.4. The zero-order chi connectivity index (χ0) is 18.7. The molecule has 3 rings (SSSR count). The van der Waals surface area contributed by atoms with Crippen molar-refractivity contribution in [2.45, 2.75) is 12.8 Å². The molecule has 2 amide bonds. The second-order valence-corrected chi connectivity index (χ2v) is 6.96. The van der Waals surface area contributed by atoms with Gasteiger partial charge in [0.2, 0.25) is 11.8 Å². The van der Waals surface area contributed by atoms with E-state index in [4.69, 9.17) is 23.2 Å². The maximum absolute atomic E-state index is 13.5. The second-order valence-electron chi connectivity index (χ2n) is 6.17. The fourth-order valence-electron chi connectivity index (χ4n) is 2.75. The lowest BCUT2D eigenvalue weighted by Gasteiger charge is -2.08. The molecule has 0 aromatic heterocycles. The van der Waals surface area contributed by atoms with Crippen molar-refractivity contribution >= 4 is 40.7 Å². The van der Waals surface area contributed by atoms with Crippen molar-refractivity contribution in [1.29, 1.82) is 0 Å². The molecule has 4 nitrogen and oxygen atoms in total. The summed E-state index contributed by atoms with van der Waals surface area (Å²) in [6.45, 7) is 0.324. The van der Waals surface area contributed by atoms with Crippen molar-refractivity contribution in [3.8, 4) is 0 Å². The minimum absolute atomic E-state index is 0.196. The monoisotopic (exact) mass is 394 g/mol. The Hall–Kier alpha value is -2.11. The third kappa shape index (κ3) is 4.34. The Morgan fingerprint density at radius 2 is 1.77 bits per heavy atom. The lowest BCUT2D eigenvalue weighted by molar-refractivity contribution is -0.125. The van der Waals surface area contributed by atoms with Crippen molar-refractivity contribution < 1.29 is 14.0 Å². The molecule has 1 fully saturated rings. The van der Waals surface area contributed by atoms with Gasteiger partial charge in [-0.25, -0.2) is 4.39 Å². The maximum atomic E-state index is 13.5. The van der Waals surface area contributed by atoms with E-state index in [9.17, 15) is 14.0 Å². The summed E-state index contributed by atoms with van der Waals surface area (Å²) >= 11 is 12.0. The highest BCUT2D eigenvalue weighted by molar-refractivity contribution is 6.44. The summed E-state index contributed by atoms with van der Waals surface area (Å²) in [7, 11) is 0. The van der Waals surface area contributed by atoms with E-state index < -0.39 is 5.92 Å². The molecule has 0 spiro atoms. The molecule has 1 saturated carbocycles. The predicted octanol–water partition coefficient (Wildman–Crippen LogP) is 4.07. The summed E-state index contributed by atoms with van der Waals surface area (Å²) in [5, 5.41) is 6.08. The van der Waals surface area contributed by atoms with Crippen LogP contribution in [0.4, 0.5) is 10.1 Å². The van der Waals surface area contributed by atoms with E-state index >= 15 is 0 Å². The van der Waals surface area contributed by atoms with Gasteiger partial charge in [-0.3, -0.25) is 9.59 Å². The number of carbonyl (C=O) groups excluding carboxylic acids is 2. The second kappa shape index (κ2) is 8.06. The number of rotatable bonds is 6. The molecule has 2 unspecified atom stereocenters. The SMILES string of the molecule is O=C(NCCc1ccccc1F)C1CC1C(=O)Nc1cccc(Cl)c1Cl. The number of amides is 2. The Morgan fingerprint density at radius 1 is 1.04 bits per heavy atom. The van der Waals surface area contributed by atoms with Crippen LogP contribution in [0.1, 0.15) is 12.0 Å². The third-order valence-electron chi connectivity index (χ3n) is 4.32. The average Bonchev–Trinajstić information content (AvgIpc) is 3.41. The van der Waals surface area contributed by atoms with Gasteiger partial charge in [0.1, 0.15) is 5.82 Å². The van der Waals surface area contributed by atoms with Gasteiger partial charge in [0, 0.05) is 6.54 Å². The molecular weight excluding hydrogens is 378 g/mol. The topological polar surface area (TPSA) is 58.2 Å². The van der Waals surface area contributed by atoms with E-state index in [1.54, 1.807) is 36.4 Å². The molecule has 2 aromatic carbocycles. The van der Waals surface area contributed by atoms with Gasteiger partial charge in [0.05, 0.1) is 27.6 Å². The van der Waals surface area contributed by atoms with E-state index in [1.165, 1.54) is 6.07 Å². The van der Waals surface area contributed by atoms with Crippen molar-refractivity contribution in [2.24, 2.45) is 11.8 Å². The van der Waals surface area contributed by atoms with Crippen LogP contribution in [0.3, 0.4) is 0 Å². The molecule has 26 heavy (non-hydrogen) atoms. The molecule has 0 saturated heterocycles. The van der Waals surface area contributed by atoms with Gasteiger partial charge >= 0.3 is 0 Å². The predicted molar refractivity (Wildman–Crippen MR) is 99.8 cm³/mol. The standard InChI is InChI=1S/C19H17Cl2FN2O2/c20-14-5-3-7-16(17(14)21)24-19(26)13-10-12(13)18(25)23-9-8-11-4-1-2-6-15(11)22/h1-7,12-13H,8-10H2,(H,23,25)(H,24,26). The van der Waals surface area contributed by atoms with Gasteiger partial charge in [0.25, 0.3) is 0 Å². The minimum Gasteiger partial charge on any atom is -0.356 e. The normalized spacial score (nSPS) is 18.3. The van der Waals surface area contributed by atoms with Gasteiger partial charge in [-0.15, -0.1) is 0 Å². The molecule has 2 atom stereocenters. The average molecular weight is 395 g/mol. The van der Waals surface area contributed by atoms with Crippen LogP contribution in [0.5, 0.6) is 0 Å². The Labute approximate surface area is 160 Å². The first kappa shape index (κ1) is 18.7. The first-order valence-corrected chi connectivity index (χ1v) is 8.99. The fraction of sp³-hybridized carbons (Fsp3) is 0.263. The van der Waals surface area contributed by atoms with Crippen LogP contribution in [0.25, 0.3) is 0 Å². The molecule has 2 N–H and O–H groups in total. The minimum atomic E-state index is -0.390. The van der Waals surface area contributed by atoms with Crippen LogP contribution in [0, 0.1) is 17.7 Å². The largest absolute Gasteiger partial charge is 0.356 e. The Bertz CT molecular complexity index is 844. The van der Waals surface area contributed by atoms with E-state index in [2.05, 4.69) is 10.6 Å². The molecule has 0 bridgehead atoms. The first-order valence-electron chi connectivity index (χ1n) is 8.23. The van der Waals surface area contributed by atoms with E-state index in [-0.39, 0.29) is 28.6 Å². The highest BCUT2D eigenvalue weighted by atomic mass is 35.5. The summed E-state index contributed by atoms with van der Waals surface area (Å²) in [6.07, 6.45) is 0.885. The number of halogens is 3. The van der Waals surface area contributed by atoms with Crippen molar-refractivity contribution in [3.05, 3.63) is 63.9 Å². The molecule has 1 aliphatic rings. The first-order chi connectivity index (χ1) is 12.5. The summed E-state index contributed by atoms with van der Waals surface area (Å²) in [5.41, 5.74) is 0.975. The fourth-order valence-corrected chi connectivity index (χ4v) is 3.10. The third-order valence-corrected chi connectivity index (χ3v) is 5.14. The summed E-state index contributed by atoms with van der Waals surface area (Å²) in [6, 6.07) is 11.4. The molecule has 136 valence electrons. The molecular formula is C19H17Cl2FN2O2. The smallest absolute Gasteiger partial charge is 0.228 e. The summed E-state index contributed by atoms with van der Waals surface area (Å²) in [5.74, 6) is -1.50. The van der Waals surface area contributed by atoms with Crippen LogP contribution in [-0.2, 0) is 16.0 Å². The highest BCUT2D eigenvalue weighted by Gasteiger charge is 2.48. The van der Waals surface area contributed by atoms with Crippen molar-refractivity contribution in [1.82, 2.24) is 5.32 Å². The van der Waals surface area contributed by atoms with Gasteiger partial charge in [-0.1, -0.05) is 47.5 Å². The van der Waals surface area contributed by atoms with Gasteiger partial charge < -0.3 is 10.6 Å². The van der Waals surface area contributed by atoms with Crippen molar-refractivity contribution in [2.75, 3.05) is 11.9 Å². The van der Waals surface area contributed by atoms with Gasteiger partial charge in [-0.05, 0) is 36.6 Å². The van der Waals surface area contributed by atoms with Gasteiger partial charge in [0.15, 0.2) is 0 Å². The summed E-state index contributed by atoms with van der Waals surface area (Å²) < 4.78 is 13.5. The zero-order valence-corrected chi connectivity index (χ0v) is 15.3. The highest BCUT2D eigenvalue weighted by Crippen LogP contribution is 2.40. The Kier molecular flexibility index (Phi) is 5.79. The zero-order valence-electron chi connectivity index (χ0n) is 13.8. The van der Waals surface area contributed by atoms with E-state index in [1.807, 2.05) is 0 Å². The quantitative estimate of drug-likeness (QED) is 0.775. The van der Waals surface area contributed by atoms with Crippen LogP contribution in [0.2, 0.25) is 10.0 Å².